The highest BCUT2D eigenvalue weighted by Gasteiger charge is 2.04. The first-order valence-corrected chi connectivity index (χ1v) is 6.07. The van der Waals surface area contributed by atoms with Gasteiger partial charge in [-0.05, 0) is 11.5 Å². The first-order chi connectivity index (χ1) is 9.81. The fourth-order valence-corrected chi connectivity index (χ4v) is 1.67. The van der Waals surface area contributed by atoms with Crippen LogP contribution in [0, 0.1) is 0 Å². The van der Waals surface area contributed by atoms with Crippen LogP contribution >= 0.6 is 0 Å². The Morgan fingerprint density at radius 2 is 1.90 bits per heavy atom. The van der Waals surface area contributed by atoms with Gasteiger partial charge in [0, 0.05) is 12.5 Å². The molecule has 0 spiro atoms. The summed E-state index contributed by atoms with van der Waals surface area (Å²) in [5.74, 6) is 0.351. The number of ether oxygens (including phenoxy) is 1. The summed E-state index contributed by atoms with van der Waals surface area (Å²) >= 11 is 0. The molecule has 0 radical (unpaired) electrons. The van der Waals surface area contributed by atoms with Crippen molar-refractivity contribution in [2.75, 3.05) is 20.3 Å². The van der Waals surface area contributed by atoms with Gasteiger partial charge in [0.05, 0.1) is 6.54 Å². The average molecular weight is 275 g/mol. The van der Waals surface area contributed by atoms with E-state index >= 15 is 0 Å². The molecule has 0 atom stereocenters. The quantitative estimate of drug-likeness (QED) is 0.802. The maximum atomic E-state index is 11.3. The molecular formula is C15H17NO4. The van der Waals surface area contributed by atoms with Gasteiger partial charge in [0.25, 0.3) is 5.91 Å². The number of carbonyl (C=O) groups is 2. The summed E-state index contributed by atoms with van der Waals surface area (Å²) in [6.07, 6.45) is 0.635. The Bertz CT molecular complexity index is 563. The summed E-state index contributed by atoms with van der Waals surface area (Å²) in [5, 5.41) is 11.4. The highest BCUT2D eigenvalue weighted by atomic mass is 16.5. The SMILES string of the molecule is CO.O=CCNC(=O)COc1cccc2ccccc12. The summed E-state index contributed by atoms with van der Waals surface area (Å²) in [4.78, 5) is 21.4. The maximum Gasteiger partial charge on any atom is 0.258 e. The van der Waals surface area contributed by atoms with Crippen LogP contribution in [-0.4, -0.2) is 37.6 Å². The molecule has 0 saturated heterocycles. The molecule has 0 saturated carbocycles. The van der Waals surface area contributed by atoms with Gasteiger partial charge in [-0.3, -0.25) is 4.79 Å². The molecule has 106 valence electrons. The number of fused-ring (bicyclic) bond motifs is 1. The van der Waals surface area contributed by atoms with E-state index in [1.165, 1.54) is 0 Å². The number of hydrogen-bond donors (Lipinski definition) is 2. The van der Waals surface area contributed by atoms with Gasteiger partial charge in [-0.2, -0.15) is 0 Å². The van der Waals surface area contributed by atoms with Crippen LogP contribution in [0.2, 0.25) is 0 Å². The Labute approximate surface area is 117 Å². The lowest BCUT2D eigenvalue weighted by Crippen LogP contribution is -2.30. The van der Waals surface area contributed by atoms with E-state index in [2.05, 4.69) is 5.32 Å². The number of carbonyl (C=O) groups excluding carboxylic acids is 2. The Kier molecular flexibility index (Phi) is 6.78. The summed E-state index contributed by atoms with van der Waals surface area (Å²) in [6, 6.07) is 13.5. The van der Waals surface area contributed by atoms with Crippen molar-refractivity contribution in [2.24, 2.45) is 0 Å². The minimum atomic E-state index is -0.310. The van der Waals surface area contributed by atoms with Crippen molar-refractivity contribution in [1.82, 2.24) is 5.32 Å². The number of aldehydes is 1. The third-order valence-corrected chi connectivity index (χ3v) is 2.49. The minimum absolute atomic E-state index is 0.0116. The number of aliphatic hydroxyl groups is 1. The lowest BCUT2D eigenvalue weighted by atomic mass is 10.1. The molecule has 5 heteroatoms. The normalized spacial score (nSPS) is 9.30. The van der Waals surface area contributed by atoms with Crippen LogP contribution in [0.25, 0.3) is 10.8 Å². The summed E-state index contributed by atoms with van der Waals surface area (Å²) < 4.78 is 5.45. The average Bonchev–Trinajstić information content (AvgIpc) is 2.52. The van der Waals surface area contributed by atoms with Crippen LogP contribution in [0.1, 0.15) is 0 Å². The maximum absolute atomic E-state index is 11.3. The van der Waals surface area contributed by atoms with Crippen LogP contribution in [0.15, 0.2) is 42.5 Å². The van der Waals surface area contributed by atoms with Gasteiger partial charge in [0.15, 0.2) is 6.61 Å². The molecular weight excluding hydrogens is 258 g/mol. The first-order valence-electron chi connectivity index (χ1n) is 6.07. The molecule has 2 aromatic carbocycles. The number of aliphatic hydroxyl groups excluding tert-OH is 1. The number of amides is 1. The molecule has 2 N–H and O–H groups in total. The van der Waals surface area contributed by atoms with E-state index < -0.39 is 0 Å². The smallest absolute Gasteiger partial charge is 0.258 e. The molecule has 0 fully saturated rings. The Morgan fingerprint density at radius 1 is 1.20 bits per heavy atom. The zero-order valence-corrected chi connectivity index (χ0v) is 11.2. The second-order valence-electron chi connectivity index (χ2n) is 3.74. The third-order valence-electron chi connectivity index (χ3n) is 2.49. The Morgan fingerprint density at radius 3 is 2.65 bits per heavy atom. The zero-order chi connectivity index (χ0) is 14.8. The highest BCUT2D eigenvalue weighted by molar-refractivity contribution is 5.88. The van der Waals surface area contributed by atoms with E-state index in [9.17, 15) is 9.59 Å². The first kappa shape index (κ1) is 15.7. The van der Waals surface area contributed by atoms with Crippen molar-refractivity contribution in [1.29, 1.82) is 0 Å². The van der Waals surface area contributed by atoms with Crippen LogP contribution in [-0.2, 0) is 9.59 Å². The van der Waals surface area contributed by atoms with Gasteiger partial charge in [0.1, 0.15) is 12.0 Å². The molecule has 1 amide bonds. The van der Waals surface area contributed by atoms with Crippen LogP contribution in [0.3, 0.4) is 0 Å². The van der Waals surface area contributed by atoms with Crippen LogP contribution < -0.4 is 10.1 Å². The molecule has 0 bridgehead atoms. The fraction of sp³-hybridized carbons (Fsp3) is 0.200. The molecule has 0 aromatic heterocycles. The number of nitrogens with one attached hydrogen (secondary N) is 1. The van der Waals surface area contributed by atoms with Gasteiger partial charge in [-0.25, -0.2) is 0 Å². The van der Waals surface area contributed by atoms with Crippen molar-refractivity contribution in [2.45, 2.75) is 0 Å². The molecule has 0 unspecified atom stereocenters. The molecule has 0 aliphatic rings. The highest BCUT2D eigenvalue weighted by Crippen LogP contribution is 2.24. The van der Waals surface area contributed by atoms with E-state index in [4.69, 9.17) is 9.84 Å². The van der Waals surface area contributed by atoms with Gasteiger partial charge in [-0.1, -0.05) is 36.4 Å². The predicted octanol–water partition coefficient (Wildman–Crippen LogP) is 1.14. The summed E-state index contributed by atoms with van der Waals surface area (Å²) in [6.45, 7) is -0.0838. The van der Waals surface area contributed by atoms with Crippen LogP contribution in [0.5, 0.6) is 5.75 Å². The second kappa shape index (κ2) is 8.66. The minimum Gasteiger partial charge on any atom is -0.483 e. The second-order valence-corrected chi connectivity index (χ2v) is 3.74. The van der Waals surface area contributed by atoms with Crippen molar-refractivity contribution in [3.63, 3.8) is 0 Å². The number of rotatable bonds is 5. The van der Waals surface area contributed by atoms with E-state index in [1.807, 2.05) is 42.5 Å². The van der Waals surface area contributed by atoms with Gasteiger partial charge >= 0.3 is 0 Å². The van der Waals surface area contributed by atoms with Crippen molar-refractivity contribution in [3.8, 4) is 5.75 Å². The van der Waals surface area contributed by atoms with E-state index in [1.54, 1.807) is 0 Å². The van der Waals surface area contributed by atoms with Gasteiger partial charge in [-0.15, -0.1) is 0 Å². The van der Waals surface area contributed by atoms with Gasteiger partial charge < -0.3 is 20.0 Å². The Hall–Kier alpha value is -2.40. The van der Waals surface area contributed by atoms with Gasteiger partial charge in [0.2, 0.25) is 0 Å². The van der Waals surface area contributed by atoms with Crippen LogP contribution in [0.4, 0.5) is 0 Å². The molecule has 0 aliphatic heterocycles. The van der Waals surface area contributed by atoms with E-state index in [-0.39, 0.29) is 19.1 Å². The topological polar surface area (TPSA) is 75.6 Å². The van der Waals surface area contributed by atoms with Crippen molar-refractivity contribution < 1.29 is 19.4 Å². The molecule has 2 rings (SSSR count). The van der Waals surface area contributed by atoms with E-state index in [0.717, 1.165) is 17.9 Å². The number of benzene rings is 2. The van der Waals surface area contributed by atoms with Crippen molar-refractivity contribution >= 4 is 23.0 Å². The monoisotopic (exact) mass is 275 g/mol. The Balaban J connectivity index is 0.000000956. The van der Waals surface area contributed by atoms with Crippen molar-refractivity contribution in [3.05, 3.63) is 42.5 Å². The molecule has 20 heavy (non-hydrogen) atoms. The summed E-state index contributed by atoms with van der Waals surface area (Å²) in [7, 11) is 1.00. The molecule has 2 aromatic rings. The zero-order valence-electron chi connectivity index (χ0n) is 11.2. The summed E-state index contributed by atoms with van der Waals surface area (Å²) in [5.41, 5.74) is 0. The lowest BCUT2D eigenvalue weighted by Gasteiger charge is -2.08. The van der Waals surface area contributed by atoms with E-state index in [0.29, 0.717) is 12.0 Å². The standard InChI is InChI=1S/C14H13NO3.CH4O/c16-9-8-15-14(17)10-18-13-7-3-5-11-4-1-2-6-12(11)13;1-2/h1-7,9H,8,10H2,(H,15,17);2H,1H3. The largest absolute Gasteiger partial charge is 0.483 e. The molecule has 0 heterocycles. The molecule has 0 aliphatic carbocycles. The third kappa shape index (κ3) is 4.37. The predicted molar refractivity (Wildman–Crippen MR) is 76.7 cm³/mol. The number of hydrogen-bond acceptors (Lipinski definition) is 4. The molecule has 5 nitrogen and oxygen atoms in total. The lowest BCUT2D eigenvalue weighted by molar-refractivity contribution is -0.124. The fourth-order valence-electron chi connectivity index (χ4n) is 1.67.